The van der Waals surface area contributed by atoms with Crippen LogP contribution in [0, 0.1) is 0 Å². The molecule has 0 aliphatic carbocycles. The fourth-order valence-corrected chi connectivity index (χ4v) is 4.99. The molecule has 7 heteroatoms. The van der Waals surface area contributed by atoms with Gasteiger partial charge in [0.05, 0.1) is 12.6 Å². The molecule has 31 heavy (non-hydrogen) atoms. The van der Waals surface area contributed by atoms with E-state index in [0.717, 1.165) is 57.8 Å². The molecular weight excluding hydrogens is 394 g/mol. The summed E-state index contributed by atoms with van der Waals surface area (Å²) in [6.07, 6.45) is 7.43. The Morgan fingerprint density at radius 1 is 1.13 bits per heavy atom. The molecule has 7 nitrogen and oxygen atoms in total. The van der Waals surface area contributed by atoms with Gasteiger partial charge in [-0.05, 0) is 58.2 Å². The second kappa shape index (κ2) is 12.1. The van der Waals surface area contributed by atoms with Gasteiger partial charge in [0.1, 0.15) is 5.75 Å². The smallest absolute Gasteiger partial charge is 0.290 e. The summed E-state index contributed by atoms with van der Waals surface area (Å²) in [4.78, 5) is 28.1. The highest BCUT2D eigenvalue weighted by Gasteiger charge is 2.40. The highest BCUT2D eigenvalue weighted by molar-refractivity contribution is 5.83. The van der Waals surface area contributed by atoms with Crippen molar-refractivity contribution in [1.29, 1.82) is 0 Å². The number of piperazine rings is 1. The first-order valence-electron chi connectivity index (χ1n) is 11.7. The number of carboxylic acid groups (broad SMARTS) is 1. The molecule has 1 N–H and O–H groups in total. The van der Waals surface area contributed by atoms with Gasteiger partial charge in [-0.1, -0.05) is 24.6 Å². The number of hydrogen-bond donors (Lipinski definition) is 1. The van der Waals surface area contributed by atoms with Crippen molar-refractivity contribution < 1.29 is 19.4 Å². The van der Waals surface area contributed by atoms with Crippen LogP contribution in [-0.4, -0.2) is 83.6 Å². The number of piperidine rings is 1. The topological polar surface area (TPSA) is 73.3 Å². The number of likely N-dealkylation sites (tertiary alicyclic amines) is 1. The van der Waals surface area contributed by atoms with Gasteiger partial charge in [0.2, 0.25) is 5.91 Å². The Hall–Kier alpha value is -2.12. The monoisotopic (exact) mass is 431 g/mol. The maximum absolute atomic E-state index is 12.7. The number of hydrogen-bond acceptors (Lipinski definition) is 5. The Balaban J connectivity index is 0.000000858. The molecule has 4 rings (SSSR count). The molecule has 0 radical (unpaired) electrons. The number of carbonyl (C=O) groups is 2. The Labute approximate surface area is 185 Å². The minimum Gasteiger partial charge on any atom is -0.493 e. The van der Waals surface area contributed by atoms with Crippen LogP contribution < -0.4 is 4.74 Å². The predicted molar refractivity (Wildman–Crippen MR) is 120 cm³/mol. The molecule has 3 aliphatic rings. The minimum atomic E-state index is -0.250. The highest BCUT2D eigenvalue weighted by Crippen LogP contribution is 2.28. The van der Waals surface area contributed by atoms with Crippen molar-refractivity contribution >= 4 is 12.4 Å². The summed E-state index contributed by atoms with van der Waals surface area (Å²) < 4.78 is 6.17. The SMILES string of the molecule is C[C@H]1C(=O)N2CCC[C@@H]2CN1Cc1ccccc1OCCCN1CCCCC1.O=CO. The third kappa shape index (κ3) is 6.43. The summed E-state index contributed by atoms with van der Waals surface area (Å²) in [5.74, 6) is 1.28. The first-order valence-corrected chi connectivity index (χ1v) is 11.7. The molecule has 3 heterocycles. The number of para-hydroxylation sites is 1. The fraction of sp³-hybridized carbons (Fsp3) is 0.667. The normalized spacial score (nSPS) is 24.3. The Morgan fingerprint density at radius 3 is 2.65 bits per heavy atom. The molecule has 1 aromatic carbocycles. The molecule has 1 amide bonds. The molecule has 3 saturated heterocycles. The van der Waals surface area contributed by atoms with E-state index in [-0.39, 0.29) is 12.5 Å². The molecular formula is C24H37N3O4. The zero-order chi connectivity index (χ0) is 22.1. The third-order valence-corrected chi connectivity index (χ3v) is 6.68. The van der Waals surface area contributed by atoms with Crippen LogP contribution in [-0.2, 0) is 16.1 Å². The maximum atomic E-state index is 12.7. The molecule has 172 valence electrons. The van der Waals surface area contributed by atoms with Crippen LogP contribution in [0.5, 0.6) is 5.75 Å². The van der Waals surface area contributed by atoms with Crippen LogP contribution in [0.1, 0.15) is 51.0 Å². The van der Waals surface area contributed by atoms with E-state index < -0.39 is 0 Å². The number of carbonyl (C=O) groups excluding carboxylic acids is 1. The van der Waals surface area contributed by atoms with Crippen LogP contribution in [0.15, 0.2) is 24.3 Å². The van der Waals surface area contributed by atoms with Gasteiger partial charge < -0.3 is 19.6 Å². The van der Waals surface area contributed by atoms with Crippen molar-refractivity contribution in [2.24, 2.45) is 0 Å². The fourth-order valence-electron chi connectivity index (χ4n) is 4.99. The molecule has 2 atom stereocenters. The van der Waals surface area contributed by atoms with Gasteiger partial charge in [-0.3, -0.25) is 14.5 Å². The zero-order valence-electron chi connectivity index (χ0n) is 18.7. The first kappa shape index (κ1) is 23.5. The van der Waals surface area contributed by atoms with Gasteiger partial charge in [0.15, 0.2) is 0 Å². The maximum Gasteiger partial charge on any atom is 0.290 e. The van der Waals surface area contributed by atoms with Gasteiger partial charge in [-0.25, -0.2) is 0 Å². The van der Waals surface area contributed by atoms with Gasteiger partial charge >= 0.3 is 0 Å². The molecule has 0 saturated carbocycles. The van der Waals surface area contributed by atoms with E-state index in [9.17, 15) is 4.79 Å². The van der Waals surface area contributed by atoms with E-state index in [1.54, 1.807) is 0 Å². The lowest BCUT2D eigenvalue weighted by atomic mass is 10.1. The summed E-state index contributed by atoms with van der Waals surface area (Å²) in [6.45, 7) is 8.91. The Kier molecular flexibility index (Phi) is 9.15. The van der Waals surface area contributed by atoms with Crippen LogP contribution in [0.25, 0.3) is 0 Å². The van der Waals surface area contributed by atoms with Crippen molar-refractivity contribution in [1.82, 2.24) is 14.7 Å². The van der Waals surface area contributed by atoms with Gasteiger partial charge in [0.25, 0.3) is 6.47 Å². The molecule has 0 spiro atoms. The van der Waals surface area contributed by atoms with E-state index in [0.29, 0.717) is 11.9 Å². The molecule has 0 bridgehead atoms. The van der Waals surface area contributed by atoms with E-state index in [1.165, 1.54) is 37.9 Å². The summed E-state index contributed by atoms with van der Waals surface area (Å²) >= 11 is 0. The lowest BCUT2D eigenvalue weighted by molar-refractivity contribution is -0.143. The van der Waals surface area contributed by atoms with Crippen LogP contribution in [0.2, 0.25) is 0 Å². The molecule has 0 aromatic heterocycles. The van der Waals surface area contributed by atoms with E-state index >= 15 is 0 Å². The van der Waals surface area contributed by atoms with Crippen molar-refractivity contribution in [2.75, 3.05) is 39.3 Å². The van der Waals surface area contributed by atoms with Gasteiger partial charge in [0, 0.05) is 37.8 Å². The first-order chi connectivity index (χ1) is 15.1. The predicted octanol–water partition coefficient (Wildman–Crippen LogP) is 2.84. The van der Waals surface area contributed by atoms with Crippen molar-refractivity contribution in [2.45, 2.75) is 64.1 Å². The van der Waals surface area contributed by atoms with Gasteiger partial charge in [-0.2, -0.15) is 0 Å². The Morgan fingerprint density at radius 2 is 1.87 bits per heavy atom. The molecule has 3 aliphatic heterocycles. The summed E-state index contributed by atoms with van der Waals surface area (Å²) in [7, 11) is 0. The number of nitrogens with zero attached hydrogens (tertiary/aromatic N) is 3. The quantitative estimate of drug-likeness (QED) is 0.529. The van der Waals surface area contributed by atoms with Crippen molar-refractivity contribution in [3.8, 4) is 5.75 Å². The summed E-state index contributed by atoms with van der Waals surface area (Å²) in [5, 5.41) is 6.89. The molecule has 1 aromatic rings. The number of rotatable bonds is 7. The summed E-state index contributed by atoms with van der Waals surface area (Å²) in [5.41, 5.74) is 1.20. The van der Waals surface area contributed by atoms with Crippen LogP contribution in [0.3, 0.4) is 0 Å². The standard InChI is InChI=1S/C23H35N3O2.CH2O2/c1-19-23(27)26-15-7-10-21(26)18-25(19)17-20-9-3-4-11-22(20)28-16-8-14-24-12-5-2-6-13-24;2-1-3/h3-4,9,11,19,21H,2,5-8,10,12-18H2,1H3;1H,(H,2,3)/t19-,21+;/m0./s1. The number of amides is 1. The number of fused-ring (bicyclic) bond motifs is 1. The molecule has 0 unspecified atom stereocenters. The lowest BCUT2D eigenvalue weighted by Gasteiger charge is -2.41. The number of ether oxygens (including phenoxy) is 1. The minimum absolute atomic E-state index is 0.0403. The van der Waals surface area contributed by atoms with E-state index in [1.807, 2.05) is 6.07 Å². The third-order valence-electron chi connectivity index (χ3n) is 6.68. The zero-order valence-corrected chi connectivity index (χ0v) is 18.7. The van der Waals surface area contributed by atoms with Crippen LogP contribution in [0.4, 0.5) is 0 Å². The van der Waals surface area contributed by atoms with Crippen molar-refractivity contribution in [3.05, 3.63) is 29.8 Å². The Bertz CT molecular complexity index is 708. The van der Waals surface area contributed by atoms with E-state index in [4.69, 9.17) is 14.6 Å². The van der Waals surface area contributed by atoms with E-state index in [2.05, 4.69) is 39.8 Å². The van der Waals surface area contributed by atoms with Crippen LogP contribution >= 0.6 is 0 Å². The average Bonchev–Trinajstić information content (AvgIpc) is 3.26. The second-order valence-corrected chi connectivity index (χ2v) is 8.75. The average molecular weight is 432 g/mol. The van der Waals surface area contributed by atoms with Crippen molar-refractivity contribution in [3.63, 3.8) is 0 Å². The summed E-state index contributed by atoms with van der Waals surface area (Å²) in [6, 6.07) is 8.72. The largest absolute Gasteiger partial charge is 0.493 e. The number of benzene rings is 1. The molecule has 3 fully saturated rings. The lowest BCUT2D eigenvalue weighted by Crippen LogP contribution is -2.58. The second-order valence-electron chi connectivity index (χ2n) is 8.75. The highest BCUT2D eigenvalue weighted by atomic mass is 16.5. The van der Waals surface area contributed by atoms with Gasteiger partial charge in [-0.15, -0.1) is 0 Å².